The first-order valence-corrected chi connectivity index (χ1v) is 5.62. The molecule has 1 aromatic heterocycles. The Morgan fingerprint density at radius 2 is 2.50 bits per heavy atom. The summed E-state index contributed by atoms with van der Waals surface area (Å²) < 4.78 is 2.23. The Morgan fingerprint density at radius 3 is 3.21 bits per heavy atom. The van der Waals surface area contributed by atoms with Crippen molar-refractivity contribution in [3.8, 4) is 0 Å². The number of imidazole rings is 1. The van der Waals surface area contributed by atoms with Crippen molar-refractivity contribution in [3.63, 3.8) is 0 Å². The van der Waals surface area contributed by atoms with E-state index in [0.717, 1.165) is 13.0 Å². The SMILES string of the molecule is CCn1cncc1CC1CCCCN1. The van der Waals surface area contributed by atoms with E-state index in [4.69, 9.17) is 0 Å². The zero-order valence-corrected chi connectivity index (χ0v) is 8.87. The van der Waals surface area contributed by atoms with E-state index in [9.17, 15) is 0 Å². The number of nitrogens with one attached hydrogen (secondary N) is 1. The normalized spacial score (nSPS) is 22.5. The van der Waals surface area contributed by atoms with Crippen LogP contribution in [0.15, 0.2) is 12.5 Å². The third-order valence-corrected chi connectivity index (χ3v) is 3.01. The van der Waals surface area contributed by atoms with Crippen molar-refractivity contribution < 1.29 is 0 Å². The maximum atomic E-state index is 4.19. The van der Waals surface area contributed by atoms with Crippen LogP contribution in [-0.2, 0) is 13.0 Å². The summed E-state index contributed by atoms with van der Waals surface area (Å²) >= 11 is 0. The van der Waals surface area contributed by atoms with Crippen LogP contribution in [0.5, 0.6) is 0 Å². The number of aromatic nitrogens is 2. The lowest BCUT2D eigenvalue weighted by molar-refractivity contribution is 0.393. The molecule has 14 heavy (non-hydrogen) atoms. The Morgan fingerprint density at radius 1 is 1.57 bits per heavy atom. The van der Waals surface area contributed by atoms with Crippen molar-refractivity contribution in [1.29, 1.82) is 0 Å². The highest BCUT2D eigenvalue weighted by molar-refractivity contribution is 5.01. The highest BCUT2D eigenvalue weighted by atomic mass is 15.0. The van der Waals surface area contributed by atoms with Crippen LogP contribution in [0, 0.1) is 0 Å². The van der Waals surface area contributed by atoms with Crippen LogP contribution in [0.4, 0.5) is 0 Å². The van der Waals surface area contributed by atoms with Gasteiger partial charge >= 0.3 is 0 Å². The molecule has 1 atom stereocenters. The van der Waals surface area contributed by atoms with Crippen molar-refractivity contribution in [2.24, 2.45) is 0 Å². The second-order valence-electron chi connectivity index (χ2n) is 4.02. The number of nitrogens with zero attached hydrogens (tertiary/aromatic N) is 2. The average Bonchev–Trinajstić information content (AvgIpc) is 2.67. The summed E-state index contributed by atoms with van der Waals surface area (Å²) in [6.45, 7) is 4.38. The summed E-state index contributed by atoms with van der Waals surface area (Å²) in [6.07, 6.45) is 9.09. The van der Waals surface area contributed by atoms with E-state index in [-0.39, 0.29) is 0 Å². The molecule has 78 valence electrons. The monoisotopic (exact) mass is 193 g/mol. The first-order valence-electron chi connectivity index (χ1n) is 5.62. The van der Waals surface area contributed by atoms with Crippen LogP contribution in [0.1, 0.15) is 31.9 Å². The lowest BCUT2D eigenvalue weighted by Crippen LogP contribution is -2.36. The lowest BCUT2D eigenvalue weighted by Gasteiger charge is -2.23. The molecule has 2 heterocycles. The van der Waals surface area contributed by atoms with E-state index in [1.54, 1.807) is 0 Å². The molecular formula is C11H19N3. The Bertz CT molecular complexity index is 274. The van der Waals surface area contributed by atoms with Crippen LogP contribution >= 0.6 is 0 Å². The first kappa shape index (κ1) is 9.71. The molecule has 1 aromatic rings. The van der Waals surface area contributed by atoms with Gasteiger partial charge in [-0.1, -0.05) is 6.42 Å². The number of aryl methyl sites for hydroxylation is 1. The third-order valence-electron chi connectivity index (χ3n) is 3.01. The molecule has 1 fully saturated rings. The highest BCUT2D eigenvalue weighted by Crippen LogP contribution is 2.12. The molecule has 0 amide bonds. The first-order chi connectivity index (χ1) is 6.90. The molecule has 0 radical (unpaired) electrons. The standard InChI is InChI=1S/C11H19N3/c1-2-14-9-12-8-11(14)7-10-5-3-4-6-13-10/h8-10,13H,2-7H2,1H3. The summed E-state index contributed by atoms with van der Waals surface area (Å²) in [7, 11) is 0. The predicted octanol–water partition coefficient (Wildman–Crippen LogP) is 1.59. The summed E-state index contributed by atoms with van der Waals surface area (Å²) in [5, 5.41) is 3.57. The van der Waals surface area contributed by atoms with Gasteiger partial charge in [0.2, 0.25) is 0 Å². The number of piperidine rings is 1. The fourth-order valence-electron chi connectivity index (χ4n) is 2.15. The second kappa shape index (κ2) is 4.60. The van der Waals surface area contributed by atoms with Crippen molar-refractivity contribution in [2.75, 3.05) is 6.54 Å². The van der Waals surface area contributed by atoms with Gasteiger partial charge < -0.3 is 9.88 Å². The molecule has 1 unspecified atom stereocenters. The van der Waals surface area contributed by atoms with Crippen molar-refractivity contribution >= 4 is 0 Å². The minimum absolute atomic E-state index is 0.672. The summed E-state index contributed by atoms with van der Waals surface area (Å²) in [6, 6.07) is 0.672. The highest BCUT2D eigenvalue weighted by Gasteiger charge is 2.14. The summed E-state index contributed by atoms with van der Waals surface area (Å²) in [5.41, 5.74) is 1.37. The van der Waals surface area contributed by atoms with Gasteiger partial charge in [-0.15, -0.1) is 0 Å². The van der Waals surface area contributed by atoms with Crippen molar-refractivity contribution in [1.82, 2.24) is 14.9 Å². The molecule has 0 bridgehead atoms. The fraction of sp³-hybridized carbons (Fsp3) is 0.727. The molecule has 1 N–H and O–H groups in total. The van der Waals surface area contributed by atoms with Crippen LogP contribution in [-0.4, -0.2) is 22.1 Å². The number of rotatable bonds is 3. The third kappa shape index (κ3) is 2.15. The van der Waals surface area contributed by atoms with E-state index in [2.05, 4.69) is 21.8 Å². The Labute approximate surface area is 85.5 Å². The maximum absolute atomic E-state index is 4.19. The van der Waals surface area contributed by atoms with Gasteiger partial charge in [-0.25, -0.2) is 4.98 Å². The molecule has 1 saturated heterocycles. The molecule has 2 rings (SSSR count). The molecule has 0 spiro atoms. The van der Waals surface area contributed by atoms with Gasteiger partial charge in [0.15, 0.2) is 0 Å². The molecule has 3 nitrogen and oxygen atoms in total. The Balaban J connectivity index is 1.95. The van der Waals surface area contributed by atoms with Gasteiger partial charge in [0.25, 0.3) is 0 Å². The molecule has 0 saturated carbocycles. The minimum atomic E-state index is 0.672. The Hall–Kier alpha value is -0.830. The largest absolute Gasteiger partial charge is 0.335 e. The van der Waals surface area contributed by atoms with Crippen molar-refractivity contribution in [3.05, 3.63) is 18.2 Å². The molecule has 0 aliphatic carbocycles. The average molecular weight is 193 g/mol. The lowest BCUT2D eigenvalue weighted by atomic mass is 10.0. The van der Waals surface area contributed by atoms with Gasteiger partial charge in [-0.3, -0.25) is 0 Å². The predicted molar refractivity (Wildman–Crippen MR) is 57.2 cm³/mol. The second-order valence-corrected chi connectivity index (χ2v) is 4.02. The van der Waals surface area contributed by atoms with E-state index < -0.39 is 0 Å². The van der Waals surface area contributed by atoms with Gasteiger partial charge in [-0.2, -0.15) is 0 Å². The molecular weight excluding hydrogens is 174 g/mol. The molecule has 3 heteroatoms. The summed E-state index contributed by atoms with van der Waals surface area (Å²) in [5.74, 6) is 0. The minimum Gasteiger partial charge on any atom is -0.335 e. The molecule has 0 aromatic carbocycles. The number of hydrogen-bond donors (Lipinski definition) is 1. The maximum Gasteiger partial charge on any atom is 0.0948 e. The topological polar surface area (TPSA) is 29.9 Å². The van der Waals surface area contributed by atoms with Gasteiger partial charge in [0.05, 0.1) is 6.33 Å². The molecule has 1 aliphatic heterocycles. The fourth-order valence-corrected chi connectivity index (χ4v) is 2.15. The zero-order valence-electron chi connectivity index (χ0n) is 8.87. The van der Waals surface area contributed by atoms with E-state index in [1.165, 1.54) is 31.5 Å². The van der Waals surface area contributed by atoms with Gasteiger partial charge in [-0.05, 0) is 26.3 Å². The van der Waals surface area contributed by atoms with Crippen LogP contribution in [0.25, 0.3) is 0 Å². The smallest absolute Gasteiger partial charge is 0.0948 e. The van der Waals surface area contributed by atoms with Crippen LogP contribution in [0.3, 0.4) is 0 Å². The van der Waals surface area contributed by atoms with Gasteiger partial charge in [0.1, 0.15) is 0 Å². The van der Waals surface area contributed by atoms with E-state index in [1.807, 2.05) is 12.5 Å². The van der Waals surface area contributed by atoms with Crippen molar-refractivity contribution in [2.45, 2.75) is 45.2 Å². The zero-order chi connectivity index (χ0) is 9.80. The van der Waals surface area contributed by atoms with Gasteiger partial charge in [0, 0.05) is 30.9 Å². The van der Waals surface area contributed by atoms with Crippen LogP contribution in [0.2, 0.25) is 0 Å². The molecule has 1 aliphatic rings. The van der Waals surface area contributed by atoms with Crippen LogP contribution < -0.4 is 5.32 Å². The Kier molecular flexibility index (Phi) is 3.19. The number of hydrogen-bond acceptors (Lipinski definition) is 2. The van der Waals surface area contributed by atoms with E-state index >= 15 is 0 Å². The van der Waals surface area contributed by atoms with E-state index in [0.29, 0.717) is 6.04 Å². The quantitative estimate of drug-likeness (QED) is 0.790. The summed E-state index contributed by atoms with van der Waals surface area (Å²) in [4.78, 5) is 4.19.